The molecule has 0 heterocycles. The van der Waals surface area contributed by atoms with Gasteiger partial charge in [0, 0.05) is 0 Å². The van der Waals surface area contributed by atoms with E-state index in [0.29, 0.717) is 5.56 Å². The van der Waals surface area contributed by atoms with E-state index in [-0.39, 0.29) is 12.2 Å². The zero-order valence-corrected chi connectivity index (χ0v) is 11.2. The van der Waals surface area contributed by atoms with Crippen LogP contribution >= 0.6 is 0 Å². The predicted molar refractivity (Wildman–Crippen MR) is 76.9 cm³/mol. The van der Waals surface area contributed by atoms with Crippen LogP contribution in [-0.4, -0.2) is 16.2 Å². The molecule has 0 amide bonds. The quantitative estimate of drug-likeness (QED) is 0.796. The van der Waals surface area contributed by atoms with Gasteiger partial charge in [-0.25, -0.2) is 4.79 Å². The third-order valence-electron chi connectivity index (χ3n) is 2.70. The molecule has 1 aromatic carbocycles. The van der Waals surface area contributed by atoms with Crippen LogP contribution < -0.4 is 0 Å². The van der Waals surface area contributed by atoms with Crippen LogP contribution in [0.5, 0.6) is 0 Å². The fourth-order valence-electron chi connectivity index (χ4n) is 1.68. The number of carboxylic acids is 1. The van der Waals surface area contributed by atoms with Crippen molar-refractivity contribution >= 4 is 11.5 Å². The first-order valence-electron chi connectivity index (χ1n) is 5.97. The summed E-state index contributed by atoms with van der Waals surface area (Å²) in [6.45, 7) is 7.28. The van der Waals surface area contributed by atoms with E-state index in [1.807, 2.05) is 32.1 Å². The third-order valence-corrected chi connectivity index (χ3v) is 2.70. The molecule has 0 unspecified atom stereocenters. The van der Waals surface area contributed by atoms with Gasteiger partial charge < -0.3 is 10.2 Å². The van der Waals surface area contributed by atoms with Crippen molar-refractivity contribution in [2.24, 2.45) is 0 Å². The molecule has 0 spiro atoms. The molecule has 0 aromatic heterocycles. The molecule has 0 aliphatic rings. The number of rotatable bonds is 5. The van der Waals surface area contributed by atoms with Crippen molar-refractivity contribution in [3.63, 3.8) is 0 Å². The molecule has 0 radical (unpaired) electrons. The van der Waals surface area contributed by atoms with E-state index in [9.17, 15) is 4.79 Å². The molecule has 1 rings (SSSR count). The Morgan fingerprint density at radius 1 is 1.37 bits per heavy atom. The van der Waals surface area contributed by atoms with Crippen molar-refractivity contribution in [2.75, 3.05) is 0 Å². The second kappa shape index (κ2) is 6.71. The van der Waals surface area contributed by atoms with Crippen molar-refractivity contribution in [1.82, 2.24) is 0 Å². The van der Waals surface area contributed by atoms with Crippen LogP contribution in [0.15, 0.2) is 48.6 Å². The van der Waals surface area contributed by atoms with Crippen LogP contribution in [0.2, 0.25) is 0 Å². The van der Waals surface area contributed by atoms with Gasteiger partial charge in [-0.05, 0) is 36.6 Å². The fraction of sp³-hybridized carbons (Fsp3) is 0.188. The number of aliphatic hydroxyl groups is 1. The second-order valence-corrected chi connectivity index (χ2v) is 4.26. The maximum atomic E-state index is 11.1. The minimum Gasteiger partial charge on any atom is -0.478 e. The summed E-state index contributed by atoms with van der Waals surface area (Å²) in [5, 5.41) is 18.3. The van der Waals surface area contributed by atoms with Crippen LogP contribution in [-0.2, 0) is 6.61 Å². The summed E-state index contributed by atoms with van der Waals surface area (Å²) >= 11 is 0. The SMILES string of the molecule is C=C(C)/C=C\C(=C/C)c1ccc(CO)c(C(=O)O)c1. The molecule has 19 heavy (non-hydrogen) atoms. The predicted octanol–water partition coefficient (Wildman–Crippen LogP) is 3.41. The second-order valence-electron chi connectivity index (χ2n) is 4.26. The molecular formula is C16H18O3. The van der Waals surface area contributed by atoms with Crippen LogP contribution in [0.4, 0.5) is 0 Å². The van der Waals surface area contributed by atoms with Gasteiger partial charge in [-0.15, -0.1) is 0 Å². The monoisotopic (exact) mass is 258 g/mol. The normalized spacial score (nSPS) is 11.8. The van der Waals surface area contributed by atoms with Gasteiger partial charge >= 0.3 is 5.97 Å². The number of hydrogen-bond donors (Lipinski definition) is 2. The van der Waals surface area contributed by atoms with Gasteiger partial charge in [0.05, 0.1) is 12.2 Å². The van der Waals surface area contributed by atoms with Crippen LogP contribution in [0, 0.1) is 0 Å². The molecule has 0 aliphatic heterocycles. The number of benzene rings is 1. The van der Waals surface area contributed by atoms with Gasteiger partial charge in [0.2, 0.25) is 0 Å². The van der Waals surface area contributed by atoms with E-state index in [2.05, 4.69) is 6.58 Å². The molecule has 0 atom stereocenters. The van der Waals surface area contributed by atoms with Gasteiger partial charge in [0.25, 0.3) is 0 Å². The smallest absolute Gasteiger partial charge is 0.336 e. The molecule has 0 saturated carbocycles. The fourth-order valence-corrected chi connectivity index (χ4v) is 1.68. The largest absolute Gasteiger partial charge is 0.478 e. The van der Waals surface area contributed by atoms with Gasteiger partial charge in [0.15, 0.2) is 0 Å². The number of hydrogen-bond acceptors (Lipinski definition) is 2. The van der Waals surface area contributed by atoms with E-state index in [4.69, 9.17) is 10.2 Å². The van der Waals surface area contributed by atoms with Crippen LogP contribution in [0.3, 0.4) is 0 Å². The zero-order valence-electron chi connectivity index (χ0n) is 11.2. The highest BCUT2D eigenvalue weighted by Gasteiger charge is 2.11. The maximum absolute atomic E-state index is 11.1. The van der Waals surface area contributed by atoms with Gasteiger partial charge in [-0.2, -0.15) is 0 Å². The average molecular weight is 258 g/mol. The molecule has 1 aromatic rings. The first-order chi connectivity index (χ1) is 8.99. The molecule has 100 valence electrons. The van der Waals surface area contributed by atoms with E-state index in [1.54, 1.807) is 18.2 Å². The van der Waals surface area contributed by atoms with Crippen molar-refractivity contribution in [3.8, 4) is 0 Å². The minimum atomic E-state index is -1.04. The summed E-state index contributed by atoms with van der Waals surface area (Å²) in [6.07, 6.45) is 5.66. The molecule has 0 saturated heterocycles. The Morgan fingerprint density at radius 2 is 2.05 bits per heavy atom. The summed E-state index contributed by atoms with van der Waals surface area (Å²) in [5.41, 5.74) is 3.17. The van der Waals surface area contributed by atoms with Crippen molar-refractivity contribution in [1.29, 1.82) is 0 Å². The van der Waals surface area contributed by atoms with E-state index < -0.39 is 5.97 Å². The third kappa shape index (κ3) is 3.93. The van der Waals surface area contributed by atoms with Crippen molar-refractivity contribution in [2.45, 2.75) is 20.5 Å². The summed E-state index contributed by atoms with van der Waals surface area (Å²) in [6, 6.07) is 5.01. The lowest BCUT2D eigenvalue weighted by Crippen LogP contribution is -2.03. The Bertz CT molecular complexity index is 551. The number of aromatic carboxylic acids is 1. The molecule has 0 fully saturated rings. The molecule has 2 N–H and O–H groups in total. The summed E-state index contributed by atoms with van der Waals surface area (Å²) in [7, 11) is 0. The molecule has 0 aliphatic carbocycles. The van der Waals surface area contributed by atoms with Gasteiger partial charge in [0.1, 0.15) is 0 Å². The number of allylic oxidation sites excluding steroid dienone is 5. The van der Waals surface area contributed by atoms with E-state index in [0.717, 1.165) is 16.7 Å². The lowest BCUT2D eigenvalue weighted by molar-refractivity contribution is 0.0693. The standard InChI is InChI=1S/C16H18O3/c1-4-12(6-5-11(2)3)13-7-8-14(10-17)15(9-13)16(18)19/h4-9,17H,2,10H2,1,3H3,(H,18,19)/b6-5-,12-4+. The Kier molecular flexibility index (Phi) is 5.27. The molecular weight excluding hydrogens is 240 g/mol. The van der Waals surface area contributed by atoms with Crippen LogP contribution in [0.1, 0.15) is 35.3 Å². The zero-order chi connectivity index (χ0) is 14.4. The summed E-state index contributed by atoms with van der Waals surface area (Å²) in [5.74, 6) is -1.04. The Labute approximate surface area is 113 Å². The highest BCUT2D eigenvalue weighted by molar-refractivity contribution is 5.91. The first kappa shape index (κ1) is 14.9. The van der Waals surface area contributed by atoms with Crippen LogP contribution in [0.25, 0.3) is 5.57 Å². The topological polar surface area (TPSA) is 57.5 Å². The summed E-state index contributed by atoms with van der Waals surface area (Å²) in [4.78, 5) is 11.1. The maximum Gasteiger partial charge on any atom is 0.336 e. The van der Waals surface area contributed by atoms with E-state index >= 15 is 0 Å². The number of carbonyl (C=O) groups is 1. The Hall–Kier alpha value is -2.13. The average Bonchev–Trinajstić information content (AvgIpc) is 2.38. The van der Waals surface area contributed by atoms with Crippen molar-refractivity contribution in [3.05, 3.63) is 65.3 Å². The minimum absolute atomic E-state index is 0.128. The van der Waals surface area contributed by atoms with Gasteiger partial charge in [-0.1, -0.05) is 42.5 Å². The van der Waals surface area contributed by atoms with E-state index in [1.165, 1.54) is 0 Å². The summed E-state index contributed by atoms with van der Waals surface area (Å²) < 4.78 is 0. The lowest BCUT2D eigenvalue weighted by atomic mass is 9.98. The lowest BCUT2D eigenvalue weighted by Gasteiger charge is -2.08. The Balaban J connectivity index is 3.24. The molecule has 3 heteroatoms. The first-order valence-corrected chi connectivity index (χ1v) is 5.97. The molecule has 0 bridgehead atoms. The highest BCUT2D eigenvalue weighted by atomic mass is 16.4. The van der Waals surface area contributed by atoms with Crippen molar-refractivity contribution < 1.29 is 15.0 Å². The Morgan fingerprint density at radius 3 is 2.53 bits per heavy atom. The number of aliphatic hydroxyl groups excluding tert-OH is 1. The highest BCUT2D eigenvalue weighted by Crippen LogP contribution is 2.21. The van der Waals surface area contributed by atoms with Gasteiger partial charge in [-0.3, -0.25) is 0 Å². The number of carboxylic acid groups (broad SMARTS) is 1. The molecule has 3 nitrogen and oxygen atoms in total.